The minimum absolute atomic E-state index is 0. The van der Waals surface area contributed by atoms with Gasteiger partial charge in [-0.3, -0.25) is 4.79 Å². The van der Waals surface area contributed by atoms with Crippen molar-refractivity contribution in [1.82, 2.24) is 30.4 Å². The second-order valence-electron chi connectivity index (χ2n) is 3.66. The smallest absolute Gasteiger partial charge is 0.244 e. The molecule has 1 aromatic heterocycles. The normalized spacial score (nSPS) is 19.2. The Kier molecular flexibility index (Phi) is 4.63. The predicted molar refractivity (Wildman–Crippen MR) is 59.1 cm³/mol. The van der Waals surface area contributed by atoms with Crippen molar-refractivity contribution in [2.75, 3.05) is 20.1 Å². The van der Waals surface area contributed by atoms with E-state index < -0.39 is 0 Å². The molecule has 7 nitrogen and oxygen atoms in total. The van der Waals surface area contributed by atoms with Gasteiger partial charge in [0, 0.05) is 19.6 Å². The average Bonchev–Trinajstić information content (AvgIpc) is 2.88. The van der Waals surface area contributed by atoms with Crippen LogP contribution in [0, 0.1) is 0 Å². The zero-order valence-corrected chi connectivity index (χ0v) is 9.85. The van der Waals surface area contributed by atoms with E-state index in [2.05, 4.69) is 20.8 Å². The highest BCUT2D eigenvalue weighted by atomic mass is 35.5. The molecule has 16 heavy (non-hydrogen) atoms. The van der Waals surface area contributed by atoms with Crippen LogP contribution >= 0.6 is 12.4 Å². The number of tetrazole rings is 1. The number of hydrogen-bond acceptors (Lipinski definition) is 5. The van der Waals surface area contributed by atoms with E-state index in [0.29, 0.717) is 6.04 Å². The molecule has 0 bridgehead atoms. The van der Waals surface area contributed by atoms with Crippen molar-refractivity contribution in [2.45, 2.75) is 19.0 Å². The van der Waals surface area contributed by atoms with Gasteiger partial charge in [-0.05, 0) is 23.4 Å². The van der Waals surface area contributed by atoms with Gasteiger partial charge in [-0.25, -0.2) is 4.68 Å². The third-order valence-corrected chi connectivity index (χ3v) is 2.66. The quantitative estimate of drug-likeness (QED) is 0.734. The molecule has 2 heterocycles. The second-order valence-corrected chi connectivity index (χ2v) is 3.66. The number of rotatable bonds is 3. The molecule has 1 saturated heterocycles. The van der Waals surface area contributed by atoms with Crippen LogP contribution in [0.5, 0.6) is 0 Å². The third kappa shape index (κ3) is 2.89. The van der Waals surface area contributed by atoms with Crippen molar-refractivity contribution in [3.05, 3.63) is 6.33 Å². The van der Waals surface area contributed by atoms with E-state index in [-0.39, 0.29) is 24.9 Å². The third-order valence-electron chi connectivity index (χ3n) is 2.66. The number of nitrogens with one attached hydrogen (secondary N) is 1. The van der Waals surface area contributed by atoms with Gasteiger partial charge < -0.3 is 10.2 Å². The monoisotopic (exact) mass is 246 g/mol. The summed E-state index contributed by atoms with van der Waals surface area (Å²) in [6, 6.07) is 0.300. The molecule has 1 atom stereocenters. The fourth-order valence-electron chi connectivity index (χ4n) is 1.68. The minimum atomic E-state index is 0. The number of likely N-dealkylation sites (N-methyl/N-ethyl adjacent to an activating group) is 1. The summed E-state index contributed by atoms with van der Waals surface area (Å²) in [4.78, 5) is 13.5. The van der Waals surface area contributed by atoms with Crippen molar-refractivity contribution < 1.29 is 4.79 Å². The fourth-order valence-corrected chi connectivity index (χ4v) is 1.68. The Labute approximate surface area is 99.6 Å². The van der Waals surface area contributed by atoms with Gasteiger partial charge in [-0.1, -0.05) is 0 Å². The van der Waals surface area contributed by atoms with Crippen LogP contribution in [-0.2, 0) is 11.3 Å². The molecule has 1 unspecified atom stereocenters. The molecule has 0 radical (unpaired) electrons. The van der Waals surface area contributed by atoms with Gasteiger partial charge in [0.2, 0.25) is 5.91 Å². The first-order valence-electron chi connectivity index (χ1n) is 4.94. The molecule has 2 rings (SSSR count). The Morgan fingerprint density at radius 2 is 2.50 bits per heavy atom. The maximum absolute atomic E-state index is 11.8. The number of nitrogens with zero attached hydrogens (tertiary/aromatic N) is 5. The summed E-state index contributed by atoms with van der Waals surface area (Å²) in [5, 5.41) is 13.8. The molecular formula is C8H15ClN6O. The highest BCUT2D eigenvalue weighted by molar-refractivity contribution is 5.85. The summed E-state index contributed by atoms with van der Waals surface area (Å²) in [5.74, 6) is 0.0380. The van der Waals surface area contributed by atoms with E-state index in [0.717, 1.165) is 19.5 Å². The maximum Gasteiger partial charge on any atom is 0.244 e. The zero-order valence-electron chi connectivity index (χ0n) is 9.04. The largest absolute Gasteiger partial charge is 0.340 e. The zero-order chi connectivity index (χ0) is 10.7. The van der Waals surface area contributed by atoms with Crippen molar-refractivity contribution >= 4 is 18.3 Å². The van der Waals surface area contributed by atoms with Crippen molar-refractivity contribution in [3.63, 3.8) is 0 Å². The van der Waals surface area contributed by atoms with Gasteiger partial charge in [0.1, 0.15) is 12.9 Å². The summed E-state index contributed by atoms with van der Waals surface area (Å²) in [6.07, 6.45) is 2.45. The van der Waals surface area contributed by atoms with Gasteiger partial charge in [0.15, 0.2) is 0 Å². The van der Waals surface area contributed by atoms with Gasteiger partial charge in [0.05, 0.1) is 0 Å². The van der Waals surface area contributed by atoms with Gasteiger partial charge in [-0.15, -0.1) is 17.5 Å². The highest BCUT2D eigenvalue weighted by Gasteiger charge is 2.23. The topological polar surface area (TPSA) is 75.9 Å². The van der Waals surface area contributed by atoms with Crippen LogP contribution in [0.1, 0.15) is 6.42 Å². The molecule has 0 spiro atoms. The lowest BCUT2D eigenvalue weighted by Gasteiger charge is -2.23. The van der Waals surface area contributed by atoms with Crippen LogP contribution in [-0.4, -0.2) is 57.2 Å². The number of amides is 1. The number of hydrogen-bond donors (Lipinski definition) is 1. The molecule has 90 valence electrons. The van der Waals surface area contributed by atoms with E-state index in [9.17, 15) is 4.79 Å². The predicted octanol–water partition coefficient (Wildman–Crippen LogP) is -1.08. The fraction of sp³-hybridized carbons (Fsp3) is 0.750. The standard InChI is InChI=1S/C8H14N6O.ClH/c1-13(7-2-3-9-4-7)8(15)5-14-6-10-11-12-14;/h6-7,9H,2-5H2,1H3;1H. The lowest BCUT2D eigenvalue weighted by Crippen LogP contribution is -2.40. The first kappa shape index (κ1) is 12.9. The van der Waals surface area contributed by atoms with Crippen LogP contribution in [0.4, 0.5) is 0 Å². The first-order valence-corrected chi connectivity index (χ1v) is 4.94. The SMILES string of the molecule is CN(C(=O)Cn1cnnn1)C1CCNC1.Cl. The summed E-state index contributed by atoms with van der Waals surface area (Å²) in [6.45, 7) is 2.06. The van der Waals surface area contributed by atoms with Crippen LogP contribution in [0.3, 0.4) is 0 Å². The molecule has 0 saturated carbocycles. The Hall–Kier alpha value is -1.21. The van der Waals surface area contributed by atoms with Gasteiger partial charge >= 0.3 is 0 Å². The van der Waals surface area contributed by atoms with Gasteiger partial charge in [0.25, 0.3) is 0 Å². The van der Waals surface area contributed by atoms with Crippen LogP contribution in [0.25, 0.3) is 0 Å². The lowest BCUT2D eigenvalue weighted by atomic mass is 10.2. The molecule has 0 aliphatic carbocycles. The van der Waals surface area contributed by atoms with E-state index in [1.54, 1.807) is 4.90 Å². The molecule has 1 amide bonds. The maximum atomic E-state index is 11.8. The van der Waals surface area contributed by atoms with Gasteiger partial charge in [-0.2, -0.15) is 0 Å². The van der Waals surface area contributed by atoms with Crippen molar-refractivity contribution in [3.8, 4) is 0 Å². The van der Waals surface area contributed by atoms with Crippen LogP contribution < -0.4 is 5.32 Å². The Morgan fingerprint density at radius 3 is 3.06 bits per heavy atom. The first-order chi connectivity index (χ1) is 7.27. The van der Waals surface area contributed by atoms with E-state index in [1.165, 1.54) is 11.0 Å². The summed E-state index contributed by atoms with van der Waals surface area (Å²) >= 11 is 0. The van der Waals surface area contributed by atoms with Crippen LogP contribution in [0.15, 0.2) is 6.33 Å². The Bertz CT molecular complexity index is 323. The highest BCUT2D eigenvalue weighted by Crippen LogP contribution is 2.06. The van der Waals surface area contributed by atoms with E-state index in [4.69, 9.17) is 0 Å². The number of carbonyl (C=O) groups is 1. The molecule has 1 aromatic rings. The van der Waals surface area contributed by atoms with Crippen molar-refractivity contribution in [1.29, 1.82) is 0 Å². The molecule has 1 aliphatic heterocycles. The van der Waals surface area contributed by atoms with Crippen molar-refractivity contribution in [2.24, 2.45) is 0 Å². The summed E-state index contributed by atoms with van der Waals surface area (Å²) < 4.78 is 1.43. The molecule has 1 fully saturated rings. The Morgan fingerprint density at radius 1 is 1.69 bits per heavy atom. The molecular weight excluding hydrogens is 232 g/mol. The van der Waals surface area contributed by atoms with E-state index in [1.807, 2.05) is 7.05 Å². The number of carbonyl (C=O) groups excluding carboxylic acids is 1. The molecule has 8 heteroatoms. The average molecular weight is 247 g/mol. The summed E-state index contributed by atoms with van der Waals surface area (Å²) in [5.41, 5.74) is 0. The minimum Gasteiger partial charge on any atom is -0.340 e. The lowest BCUT2D eigenvalue weighted by molar-refractivity contribution is -0.132. The Balaban J connectivity index is 0.00000128. The molecule has 1 aliphatic rings. The number of aromatic nitrogens is 4. The summed E-state index contributed by atoms with van der Waals surface area (Å²) in [7, 11) is 1.82. The second kappa shape index (κ2) is 5.76. The molecule has 1 N–H and O–H groups in total. The van der Waals surface area contributed by atoms with E-state index >= 15 is 0 Å². The number of halogens is 1. The molecule has 0 aromatic carbocycles. The van der Waals surface area contributed by atoms with Crippen LogP contribution in [0.2, 0.25) is 0 Å².